The van der Waals surface area contributed by atoms with Gasteiger partial charge in [-0.25, -0.2) is 0 Å². The molecule has 5 nitrogen and oxygen atoms in total. The third-order valence-corrected chi connectivity index (χ3v) is 3.86. The Hall–Kier alpha value is -1.79. The van der Waals surface area contributed by atoms with E-state index in [9.17, 15) is 4.79 Å². The molecule has 0 saturated heterocycles. The number of ether oxygens (including phenoxy) is 1. The van der Waals surface area contributed by atoms with Gasteiger partial charge in [-0.3, -0.25) is 4.79 Å². The third-order valence-electron chi connectivity index (χ3n) is 3.24. The number of carbonyl (C=O) groups excluding carboxylic acids is 1. The first-order valence-corrected chi connectivity index (χ1v) is 7.75. The zero-order chi connectivity index (χ0) is 15.9. The van der Waals surface area contributed by atoms with Crippen LogP contribution in [0, 0.1) is 0 Å². The van der Waals surface area contributed by atoms with Gasteiger partial charge < -0.3 is 19.8 Å². The van der Waals surface area contributed by atoms with Crippen molar-refractivity contribution in [3.63, 3.8) is 0 Å². The van der Waals surface area contributed by atoms with Crippen LogP contribution in [-0.2, 0) is 17.9 Å². The normalized spacial score (nSPS) is 12.0. The fourth-order valence-corrected chi connectivity index (χ4v) is 2.51. The summed E-state index contributed by atoms with van der Waals surface area (Å²) < 4.78 is 11.3. The molecule has 1 unspecified atom stereocenters. The van der Waals surface area contributed by atoms with Crippen molar-refractivity contribution in [1.29, 1.82) is 0 Å². The van der Waals surface area contributed by atoms with Crippen LogP contribution in [0.1, 0.15) is 18.2 Å². The molecule has 1 atom stereocenters. The lowest BCUT2D eigenvalue weighted by molar-refractivity contribution is -0.123. The molecule has 1 amide bonds. The van der Waals surface area contributed by atoms with E-state index in [1.165, 1.54) is 0 Å². The van der Waals surface area contributed by atoms with Crippen molar-refractivity contribution in [2.75, 3.05) is 7.11 Å². The van der Waals surface area contributed by atoms with Gasteiger partial charge in [-0.1, -0.05) is 6.07 Å². The van der Waals surface area contributed by atoms with E-state index in [0.29, 0.717) is 13.1 Å². The second kappa shape index (κ2) is 8.00. The fraction of sp³-hybridized carbons (Fsp3) is 0.312. The molecule has 2 aromatic rings. The number of rotatable bonds is 7. The maximum atomic E-state index is 12.0. The Morgan fingerprint density at radius 3 is 2.82 bits per heavy atom. The number of nitrogens with one attached hydrogen (secondary N) is 2. The average molecular weight is 367 g/mol. The molecule has 0 radical (unpaired) electrons. The van der Waals surface area contributed by atoms with Gasteiger partial charge in [-0.15, -0.1) is 0 Å². The number of furan rings is 1. The van der Waals surface area contributed by atoms with E-state index in [4.69, 9.17) is 9.15 Å². The summed E-state index contributed by atoms with van der Waals surface area (Å²) in [7, 11) is 1.63. The third kappa shape index (κ3) is 4.61. The first-order chi connectivity index (χ1) is 10.6. The summed E-state index contributed by atoms with van der Waals surface area (Å²) in [5.74, 6) is 1.46. The standard InChI is InChI=1S/C16H19BrN2O3/c1-11(16(20)19-10-13-4-3-7-22-13)18-9-12-5-6-15(21-2)14(17)8-12/h3-8,11,18H,9-10H2,1-2H3,(H,19,20). The van der Waals surface area contributed by atoms with Crippen molar-refractivity contribution in [1.82, 2.24) is 10.6 Å². The lowest BCUT2D eigenvalue weighted by atomic mass is 10.2. The topological polar surface area (TPSA) is 63.5 Å². The molecule has 1 aromatic carbocycles. The van der Waals surface area contributed by atoms with Crippen LogP contribution in [0.4, 0.5) is 0 Å². The molecule has 0 saturated carbocycles. The molecule has 1 heterocycles. The number of halogens is 1. The van der Waals surface area contributed by atoms with Crippen LogP contribution in [0.25, 0.3) is 0 Å². The maximum Gasteiger partial charge on any atom is 0.237 e. The van der Waals surface area contributed by atoms with Gasteiger partial charge in [0.25, 0.3) is 0 Å². The summed E-state index contributed by atoms with van der Waals surface area (Å²) in [5.41, 5.74) is 1.07. The summed E-state index contributed by atoms with van der Waals surface area (Å²) in [5, 5.41) is 6.02. The van der Waals surface area contributed by atoms with E-state index >= 15 is 0 Å². The van der Waals surface area contributed by atoms with Gasteiger partial charge in [-0.2, -0.15) is 0 Å². The second-order valence-corrected chi connectivity index (χ2v) is 5.72. The van der Waals surface area contributed by atoms with Crippen LogP contribution >= 0.6 is 15.9 Å². The molecule has 22 heavy (non-hydrogen) atoms. The Morgan fingerprint density at radius 2 is 2.18 bits per heavy atom. The number of methoxy groups -OCH3 is 1. The van der Waals surface area contributed by atoms with Crippen molar-refractivity contribution >= 4 is 21.8 Å². The van der Waals surface area contributed by atoms with Gasteiger partial charge in [0, 0.05) is 6.54 Å². The van der Waals surface area contributed by atoms with Crippen LogP contribution in [0.5, 0.6) is 5.75 Å². The van der Waals surface area contributed by atoms with Crippen molar-refractivity contribution in [2.24, 2.45) is 0 Å². The summed E-state index contributed by atoms with van der Waals surface area (Å²) in [6.45, 7) is 2.82. The second-order valence-electron chi connectivity index (χ2n) is 4.87. The summed E-state index contributed by atoms with van der Waals surface area (Å²) in [6.07, 6.45) is 1.59. The van der Waals surface area contributed by atoms with E-state index in [1.54, 1.807) is 19.4 Å². The molecule has 118 valence electrons. The van der Waals surface area contributed by atoms with Gasteiger partial charge >= 0.3 is 0 Å². The average Bonchev–Trinajstić information content (AvgIpc) is 3.03. The SMILES string of the molecule is COc1ccc(CNC(C)C(=O)NCc2ccco2)cc1Br. The monoisotopic (exact) mass is 366 g/mol. The number of amides is 1. The van der Waals surface area contributed by atoms with Crippen molar-refractivity contribution < 1.29 is 13.9 Å². The quantitative estimate of drug-likeness (QED) is 0.790. The van der Waals surface area contributed by atoms with Crippen LogP contribution in [0.15, 0.2) is 45.5 Å². The summed E-state index contributed by atoms with van der Waals surface area (Å²) in [6, 6.07) is 9.15. The van der Waals surface area contributed by atoms with Crippen molar-refractivity contribution in [2.45, 2.75) is 26.1 Å². The van der Waals surface area contributed by atoms with E-state index in [-0.39, 0.29) is 11.9 Å². The minimum Gasteiger partial charge on any atom is -0.496 e. The van der Waals surface area contributed by atoms with Crippen LogP contribution in [0.2, 0.25) is 0 Å². The highest BCUT2D eigenvalue weighted by molar-refractivity contribution is 9.10. The minimum atomic E-state index is -0.296. The Balaban J connectivity index is 1.80. The first kappa shape index (κ1) is 16.6. The predicted octanol–water partition coefficient (Wildman–Crippen LogP) is 2.85. The number of benzene rings is 1. The molecule has 2 N–H and O–H groups in total. The Kier molecular flexibility index (Phi) is 6.03. The zero-order valence-electron chi connectivity index (χ0n) is 12.6. The maximum absolute atomic E-state index is 12.0. The summed E-state index contributed by atoms with van der Waals surface area (Å²) >= 11 is 3.45. The van der Waals surface area contributed by atoms with Gasteiger partial charge in [0.05, 0.1) is 30.4 Å². The predicted molar refractivity (Wildman–Crippen MR) is 87.6 cm³/mol. The number of hydrogen-bond acceptors (Lipinski definition) is 4. The highest BCUT2D eigenvalue weighted by atomic mass is 79.9. The smallest absolute Gasteiger partial charge is 0.237 e. The van der Waals surface area contributed by atoms with Gasteiger partial charge in [0.1, 0.15) is 11.5 Å². The Labute approximate surface area is 138 Å². The van der Waals surface area contributed by atoms with Crippen LogP contribution < -0.4 is 15.4 Å². The molecule has 0 aliphatic heterocycles. The molecule has 0 aliphatic rings. The molecule has 0 aliphatic carbocycles. The van der Waals surface area contributed by atoms with Crippen molar-refractivity contribution in [3.8, 4) is 5.75 Å². The first-order valence-electron chi connectivity index (χ1n) is 6.96. The van der Waals surface area contributed by atoms with Gasteiger partial charge in [0.2, 0.25) is 5.91 Å². The molecule has 6 heteroatoms. The number of carbonyl (C=O) groups is 1. The van der Waals surface area contributed by atoms with E-state index < -0.39 is 0 Å². The molecule has 0 spiro atoms. The molecule has 0 fully saturated rings. The highest BCUT2D eigenvalue weighted by Crippen LogP contribution is 2.25. The molecule has 0 bridgehead atoms. The molecule has 2 rings (SSSR count). The Morgan fingerprint density at radius 1 is 1.36 bits per heavy atom. The van der Waals surface area contributed by atoms with E-state index in [1.807, 2.05) is 31.2 Å². The Bertz CT molecular complexity index is 614. The van der Waals surface area contributed by atoms with Gasteiger partial charge in [0.15, 0.2) is 0 Å². The fourth-order valence-electron chi connectivity index (χ4n) is 1.92. The minimum absolute atomic E-state index is 0.0658. The van der Waals surface area contributed by atoms with Crippen LogP contribution in [-0.4, -0.2) is 19.1 Å². The highest BCUT2D eigenvalue weighted by Gasteiger charge is 2.12. The van der Waals surface area contributed by atoms with Crippen molar-refractivity contribution in [3.05, 3.63) is 52.4 Å². The van der Waals surface area contributed by atoms with Crippen LogP contribution in [0.3, 0.4) is 0 Å². The molecular weight excluding hydrogens is 348 g/mol. The van der Waals surface area contributed by atoms with Gasteiger partial charge in [-0.05, 0) is 52.7 Å². The molecular formula is C16H19BrN2O3. The van der Waals surface area contributed by atoms with E-state index in [0.717, 1.165) is 21.5 Å². The molecule has 1 aromatic heterocycles. The summed E-state index contributed by atoms with van der Waals surface area (Å²) in [4.78, 5) is 12.0. The largest absolute Gasteiger partial charge is 0.496 e. The zero-order valence-corrected chi connectivity index (χ0v) is 14.1. The lowest BCUT2D eigenvalue weighted by Crippen LogP contribution is -2.41. The van der Waals surface area contributed by atoms with E-state index in [2.05, 4.69) is 26.6 Å². The lowest BCUT2D eigenvalue weighted by Gasteiger charge is -2.14. The number of hydrogen-bond donors (Lipinski definition) is 2.